The van der Waals surface area contributed by atoms with Crippen molar-refractivity contribution >= 4 is 28.9 Å². The Morgan fingerprint density at radius 2 is 2.11 bits per heavy atom. The van der Waals surface area contributed by atoms with Crippen LogP contribution in [0.5, 0.6) is 5.88 Å². The lowest BCUT2D eigenvalue weighted by molar-refractivity contribution is -0.0424. The lowest BCUT2D eigenvalue weighted by Gasteiger charge is -2.25. The first-order valence-corrected chi connectivity index (χ1v) is 9.65. The first-order chi connectivity index (χ1) is 13.1. The van der Waals surface area contributed by atoms with Gasteiger partial charge in [0.1, 0.15) is 22.6 Å². The number of rotatable bonds is 4. The molecule has 2 saturated heterocycles. The third kappa shape index (κ3) is 4.02. The van der Waals surface area contributed by atoms with Gasteiger partial charge >= 0.3 is 0 Å². The maximum Gasteiger partial charge on any atom is 0.290 e. The average Bonchev–Trinajstić information content (AvgIpc) is 3.13. The summed E-state index contributed by atoms with van der Waals surface area (Å²) in [6, 6.07) is 1.57. The molecule has 2 aromatic heterocycles. The van der Waals surface area contributed by atoms with Crippen molar-refractivity contribution in [2.24, 2.45) is 0 Å². The van der Waals surface area contributed by atoms with Crippen LogP contribution in [0.15, 0.2) is 23.4 Å². The van der Waals surface area contributed by atoms with Crippen LogP contribution < -0.4 is 15.2 Å². The van der Waals surface area contributed by atoms with Gasteiger partial charge in [-0.15, -0.1) is 0 Å². The molecule has 0 aliphatic carbocycles. The molecule has 2 aromatic rings. The molecule has 27 heavy (non-hydrogen) atoms. The highest BCUT2D eigenvalue weighted by Gasteiger charge is 2.28. The number of nitrogens with zero attached hydrogens (tertiary/aromatic N) is 5. The van der Waals surface area contributed by atoms with E-state index < -0.39 is 0 Å². The average molecular weight is 412 g/mol. The predicted octanol–water partition coefficient (Wildman–Crippen LogP) is 2.70. The van der Waals surface area contributed by atoms with Crippen LogP contribution in [0.3, 0.4) is 0 Å². The van der Waals surface area contributed by atoms with Crippen LogP contribution in [0.4, 0.5) is 5.69 Å². The Hall–Kier alpha value is -1.90. The summed E-state index contributed by atoms with van der Waals surface area (Å²) in [7, 11) is 0. The normalized spacial score (nSPS) is 22.8. The molecular weight excluding hydrogens is 393 g/mol. The predicted molar refractivity (Wildman–Crippen MR) is 101 cm³/mol. The van der Waals surface area contributed by atoms with Crippen LogP contribution in [0.2, 0.25) is 10.2 Å². The van der Waals surface area contributed by atoms with E-state index in [-0.39, 0.29) is 22.9 Å². The van der Waals surface area contributed by atoms with Gasteiger partial charge in [-0.3, -0.25) is 4.79 Å². The molecule has 2 fully saturated rings. The first-order valence-electron chi connectivity index (χ1n) is 8.90. The van der Waals surface area contributed by atoms with E-state index >= 15 is 0 Å². The summed E-state index contributed by atoms with van der Waals surface area (Å²) in [4.78, 5) is 22.5. The van der Waals surface area contributed by atoms with Crippen LogP contribution >= 0.6 is 23.2 Å². The minimum absolute atomic E-state index is 0.0869. The Morgan fingerprint density at radius 1 is 1.22 bits per heavy atom. The molecule has 10 heteroatoms. The van der Waals surface area contributed by atoms with Gasteiger partial charge in [-0.1, -0.05) is 23.2 Å². The lowest BCUT2D eigenvalue weighted by Crippen LogP contribution is -2.33. The Morgan fingerprint density at radius 3 is 2.89 bits per heavy atom. The maximum atomic E-state index is 12.7. The summed E-state index contributed by atoms with van der Waals surface area (Å²) < 4.78 is 12.8. The highest BCUT2D eigenvalue weighted by molar-refractivity contribution is 6.33. The number of aromatic nitrogens is 4. The van der Waals surface area contributed by atoms with E-state index in [4.69, 9.17) is 32.7 Å². The minimum Gasteiger partial charge on any atom is -0.472 e. The van der Waals surface area contributed by atoms with Crippen molar-refractivity contribution in [3.8, 4) is 5.88 Å². The molecule has 0 spiro atoms. The first kappa shape index (κ1) is 18.5. The SMILES string of the molecule is O=c1c(Cl)c(N2CC[C@@H](Oc3cc(Cl)ncn3)C2)cnn1C1CCCCO1. The number of ether oxygens (including phenoxy) is 2. The lowest BCUT2D eigenvalue weighted by atomic mass is 10.2. The van der Waals surface area contributed by atoms with Gasteiger partial charge in [0.25, 0.3) is 5.56 Å². The number of hydrogen-bond donors (Lipinski definition) is 0. The van der Waals surface area contributed by atoms with Gasteiger partial charge < -0.3 is 14.4 Å². The van der Waals surface area contributed by atoms with E-state index in [1.807, 2.05) is 4.90 Å². The molecular formula is C17H19Cl2N5O3. The van der Waals surface area contributed by atoms with E-state index in [1.54, 1.807) is 12.3 Å². The van der Waals surface area contributed by atoms with E-state index in [0.717, 1.165) is 25.7 Å². The Labute approximate surface area is 166 Å². The van der Waals surface area contributed by atoms with Crippen LogP contribution in [-0.4, -0.2) is 45.5 Å². The summed E-state index contributed by atoms with van der Waals surface area (Å²) >= 11 is 12.2. The zero-order chi connectivity index (χ0) is 18.8. The Kier molecular flexibility index (Phi) is 5.47. The standard InChI is InChI=1S/C17H19Cl2N5O3/c18-13-7-14(21-10-20-13)27-11-4-5-23(9-11)12-8-22-24(17(25)16(12)19)15-3-1-2-6-26-15/h7-8,10-11,15H,1-6,9H2/t11-,15?/m1/s1. The smallest absolute Gasteiger partial charge is 0.290 e. The van der Waals surface area contributed by atoms with E-state index in [1.165, 1.54) is 11.0 Å². The van der Waals surface area contributed by atoms with Gasteiger partial charge in [0.15, 0.2) is 6.23 Å². The van der Waals surface area contributed by atoms with Crippen LogP contribution in [0, 0.1) is 0 Å². The van der Waals surface area contributed by atoms with Crippen molar-refractivity contribution in [1.29, 1.82) is 0 Å². The molecule has 0 amide bonds. The summed E-state index contributed by atoms with van der Waals surface area (Å²) in [6.45, 7) is 1.91. The third-order valence-corrected chi connectivity index (χ3v) is 5.30. The van der Waals surface area contributed by atoms with Gasteiger partial charge in [0, 0.05) is 25.6 Å². The molecule has 0 aromatic carbocycles. The van der Waals surface area contributed by atoms with Crippen LogP contribution in [0.1, 0.15) is 31.9 Å². The quantitative estimate of drug-likeness (QED) is 0.715. The molecule has 144 valence electrons. The summed E-state index contributed by atoms with van der Waals surface area (Å²) in [5.41, 5.74) is 0.286. The van der Waals surface area contributed by atoms with E-state index in [0.29, 0.717) is 36.4 Å². The molecule has 2 atom stereocenters. The second-order valence-corrected chi connectivity index (χ2v) is 7.33. The molecule has 0 N–H and O–H groups in total. The molecule has 4 rings (SSSR count). The fourth-order valence-corrected chi connectivity index (χ4v) is 3.77. The fraction of sp³-hybridized carbons (Fsp3) is 0.529. The van der Waals surface area contributed by atoms with Gasteiger partial charge in [-0.05, 0) is 19.3 Å². The molecule has 0 bridgehead atoms. The zero-order valence-corrected chi connectivity index (χ0v) is 16.1. The molecule has 4 heterocycles. The molecule has 1 unspecified atom stereocenters. The van der Waals surface area contributed by atoms with Crippen molar-refractivity contribution in [1.82, 2.24) is 19.7 Å². The van der Waals surface area contributed by atoms with Crippen LogP contribution in [-0.2, 0) is 4.74 Å². The van der Waals surface area contributed by atoms with Gasteiger partial charge in [-0.25, -0.2) is 9.97 Å². The second-order valence-electron chi connectivity index (χ2n) is 6.57. The van der Waals surface area contributed by atoms with Crippen molar-refractivity contribution in [2.75, 3.05) is 24.6 Å². The second kappa shape index (κ2) is 8.00. The Bertz CT molecular complexity index is 872. The van der Waals surface area contributed by atoms with Gasteiger partial charge in [0.05, 0.1) is 18.4 Å². The number of anilines is 1. The zero-order valence-electron chi connectivity index (χ0n) is 14.6. The maximum absolute atomic E-state index is 12.7. The minimum atomic E-state index is -0.338. The summed E-state index contributed by atoms with van der Waals surface area (Å²) in [6.07, 6.45) is 6.12. The highest BCUT2D eigenvalue weighted by Crippen LogP contribution is 2.28. The topological polar surface area (TPSA) is 82.4 Å². The molecule has 0 radical (unpaired) electrons. The van der Waals surface area contributed by atoms with E-state index in [2.05, 4.69) is 15.1 Å². The highest BCUT2D eigenvalue weighted by atomic mass is 35.5. The fourth-order valence-electron chi connectivity index (χ4n) is 3.37. The van der Waals surface area contributed by atoms with E-state index in [9.17, 15) is 4.79 Å². The largest absolute Gasteiger partial charge is 0.472 e. The monoisotopic (exact) mass is 411 g/mol. The van der Waals surface area contributed by atoms with Crippen LogP contribution in [0.25, 0.3) is 0 Å². The number of hydrogen-bond acceptors (Lipinski definition) is 7. The van der Waals surface area contributed by atoms with Gasteiger partial charge in [0.2, 0.25) is 5.88 Å². The summed E-state index contributed by atoms with van der Waals surface area (Å²) in [5.74, 6) is 0.427. The number of halogens is 2. The van der Waals surface area contributed by atoms with Gasteiger partial charge in [-0.2, -0.15) is 9.78 Å². The Balaban J connectivity index is 1.47. The molecule has 2 aliphatic rings. The third-order valence-electron chi connectivity index (χ3n) is 4.74. The van der Waals surface area contributed by atoms with Crippen molar-refractivity contribution < 1.29 is 9.47 Å². The van der Waals surface area contributed by atoms with Crippen molar-refractivity contribution in [3.05, 3.63) is 39.1 Å². The van der Waals surface area contributed by atoms with Crippen molar-refractivity contribution in [2.45, 2.75) is 38.0 Å². The molecule has 2 aliphatic heterocycles. The van der Waals surface area contributed by atoms with Crippen molar-refractivity contribution in [3.63, 3.8) is 0 Å². The molecule has 0 saturated carbocycles. The molecule has 8 nitrogen and oxygen atoms in total. The summed E-state index contributed by atoms with van der Waals surface area (Å²) in [5, 5.41) is 4.79.